The Kier molecular flexibility index (Phi) is 6.49. The monoisotopic (exact) mass is 418 g/mol. The molecular weight excluding hydrogens is 400 g/mol. The van der Waals surface area contributed by atoms with Crippen LogP contribution in [-0.2, 0) is 4.79 Å². The van der Waals surface area contributed by atoms with Crippen LogP contribution in [0.1, 0.15) is 12.5 Å². The number of nitrogens with zero attached hydrogens (tertiary/aromatic N) is 1. The zero-order valence-corrected chi connectivity index (χ0v) is 17.2. The number of amidine groups is 1. The van der Waals surface area contributed by atoms with Gasteiger partial charge in [-0.2, -0.15) is 0 Å². The minimum absolute atomic E-state index is 0.236. The number of ether oxygens (including phenoxy) is 3. The smallest absolute Gasteiger partial charge is 0.264 e. The van der Waals surface area contributed by atoms with Gasteiger partial charge >= 0.3 is 0 Å². The van der Waals surface area contributed by atoms with Crippen molar-refractivity contribution in [2.45, 2.75) is 6.92 Å². The average molecular weight is 419 g/mol. The molecule has 6 nitrogen and oxygen atoms in total. The summed E-state index contributed by atoms with van der Waals surface area (Å²) >= 11 is 7.55. The first kappa shape index (κ1) is 20.1. The highest BCUT2D eigenvalue weighted by Gasteiger charge is 2.24. The van der Waals surface area contributed by atoms with Gasteiger partial charge < -0.3 is 19.5 Å². The van der Waals surface area contributed by atoms with Gasteiger partial charge in [-0.1, -0.05) is 11.6 Å². The van der Waals surface area contributed by atoms with Crippen LogP contribution in [0.2, 0.25) is 5.02 Å². The first-order valence-corrected chi connectivity index (χ1v) is 9.67. The molecule has 2 aromatic rings. The summed E-state index contributed by atoms with van der Waals surface area (Å²) in [5, 5.41) is 3.71. The lowest BCUT2D eigenvalue weighted by atomic mass is 10.2. The minimum atomic E-state index is -0.236. The lowest BCUT2D eigenvalue weighted by molar-refractivity contribution is -0.115. The summed E-state index contributed by atoms with van der Waals surface area (Å²) in [5.74, 6) is 1.60. The van der Waals surface area contributed by atoms with Gasteiger partial charge in [-0.25, -0.2) is 4.99 Å². The lowest BCUT2D eigenvalue weighted by Crippen LogP contribution is -2.19. The number of amides is 1. The molecule has 2 aromatic carbocycles. The van der Waals surface area contributed by atoms with E-state index in [4.69, 9.17) is 25.8 Å². The van der Waals surface area contributed by atoms with Gasteiger partial charge in [0.05, 0.1) is 36.4 Å². The van der Waals surface area contributed by atoms with Gasteiger partial charge in [0.15, 0.2) is 16.7 Å². The molecular formula is C20H19ClN2O4S. The molecule has 1 aliphatic heterocycles. The van der Waals surface area contributed by atoms with Crippen molar-refractivity contribution < 1.29 is 19.0 Å². The molecule has 1 N–H and O–H groups in total. The molecule has 0 spiro atoms. The number of thioether (sulfide) groups is 1. The van der Waals surface area contributed by atoms with Crippen molar-refractivity contribution >= 4 is 46.2 Å². The Morgan fingerprint density at radius 1 is 1.14 bits per heavy atom. The number of hydrogen-bond acceptors (Lipinski definition) is 6. The molecule has 1 amide bonds. The zero-order chi connectivity index (χ0) is 20.1. The maximum Gasteiger partial charge on any atom is 0.264 e. The third-order valence-electron chi connectivity index (χ3n) is 3.82. The summed E-state index contributed by atoms with van der Waals surface area (Å²) in [4.78, 5) is 17.3. The van der Waals surface area contributed by atoms with E-state index in [-0.39, 0.29) is 5.91 Å². The van der Waals surface area contributed by atoms with Crippen molar-refractivity contribution in [3.05, 3.63) is 51.9 Å². The molecule has 1 saturated heterocycles. The van der Waals surface area contributed by atoms with Crippen LogP contribution in [-0.4, -0.2) is 31.9 Å². The number of aliphatic imine (C=N–C) groups is 1. The molecule has 0 aromatic heterocycles. The summed E-state index contributed by atoms with van der Waals surface area (Å²) < 4.78 is 15.9. The fourth-order valence-electron chi connectivity index (χ4n) is 2.50. The zero-order valence-electron chi connectivity index (χ0n) is 15.6. The number of hydrogen-bond donors (Lipinski definition) is 1. The van der Waals surface area contributed by atoms with Gasteiger partial charge in [-0.3, -0.25) is 4.79 Å². The Bertz CT molecular complexity index is 942. The molecule has 8 heteroatoms. The quantitative estimate of drug-likeness (QED) is 0.691. The van der Waals surface area contributed by atoms with Gasteiger partial charge in [0.1, 0.15) is 5.75 Å². The highest BCUT2D eigenvalue weighted by Crippen LogP contribution is 2.36. The third-order valence-corrected chi connectivity index (χ3v) is 5.06. The van der Waals surface area contributed by atoms with E-state index in [0.717, 1.165) is 11.4 Å². The number of halogens is 1. The molecule has 0 bridgehead atoms. The molecule has 0 radical (unpaired) electrons. The van der Waals surface area contributed by atoms with Gasteiger partial charge in [-0.15, -0.1) is 0 Å². The molecule has 1 aliphatic rings. The number of nitrogens with one attached hydrogen (secondary N) is 1. The van der Waals surface area contributed by atoms with Gasteiger partial charge in [-0.05, 0) is 60.7 Å². The Morgan fingerprint density at radius 2 is 1.82 bits per heavy atom. The largest absolute Gasteiger partial charge is 0.494 e. The fraction of sp³-hybridized carbons (Fsp3) is 0.200. The Balaban J connectivity index is 1.82. The standard InChI is InChI=1S/C20H19ClN2O4S/c1-4-27-14-7-5-13(6-8-14)22-20-23-19(24)18(28-20)10-12-9-16(25-2)17(26-3)11-15(12)21/h5-11H,4H2,1-3H3,(H,22,23,24)/b18-10+. The summed E-state index contributed by atoms with van der Waals surface area (Å²) in [5.41, 5.74) is 1.37. The number of methoxy groups -OCH3 is 2. The lowest BCUT2D eigenvalue weighted by Gasteiger charge is -2.09. The predicted octanol–water partition coefficient (Wildman–Crippen LogP) is 4.65. The van der Waals surface area contributed by atoms with Crippen LogP contribution >= 0.6 is 23.4 Å². The van der Waals surface area contributed by atoms with Gasteiger partial charge in [0, 0.05) is 6.07 Å². The van der Waals surface area contributed by atoms with Gasteiger partial charge in [0.2, 0.25) is 0 Å². The molecule has 1 fully saturated rings. The van der Waals surface area contributed by atoms with E-state index >= 15 is 0 Å². The maximum atomic E-state index is 12.3. The van der Waals surface area contributed by atoms with Crippen molar-refractivity contribution in [3.63, 3.8) is 0 Å². The normalized spacial score (nSPS) is 16.4. The second kappa shape index (κ2) is 9.03. The highest BCUT2D eigenvalue weighted by atomic mass is 35.5. The molecule has 146 valence electrons. The van der Waals surface area contributed by atoms with E-state index in [2.05, 4.69) is 10.3 Å². The SMILES string of the molecule is CCOc1ccc(N=C2NC(=O)/C(=C\c3cc(OC)c(OC)cc3Cl)S2)cc1. The van der Waals surface area contributed by atoms with Crippen molar-refractivity contribution in [2.75, 3.05) is 20.8 Å². The Hall–Kier alpha value is -2.64. The molecule has 0 atom stereocenters. The van der Waals surface area contributed by atoms with Crippen LogP contribution < -0.4 is 19.5 Å². The predicted molar refractivity (Wildman–Crippen MR) is 113 cm³/mol. The molecule has 0 saturated carbocycles. The maximum absolute atomic E-state index is 12.3. The molecule has 3 rings (SSSR count). The second-order valence-electron chi connectivity index (χ2n) is 5.64. The van der Waals surface area contributed by atoms with E-state index in [1.807, 2.05) is 31.2 Å². The van der Waals surface area contributed by atoms with Crippen LogP contribution in [0.3, 0.4) is 0 Å². The van der Waals surface area contributed by atoms with E-state index < -0.39 is 0 Å². The number of rotatable bonds is 6. The third kappa shape index (κ3) is 4.61. The average Bonchev–Trinajstić information content (AvgIpc) is 3.03. The van der Waals surface area contributed by atoms with Gasteiger partial charge in [0.25, 0.3) is 5.91 Å². The second-order valence-corrected chi connectivity index (χ2v) is 7.08. The summed E-state index contributed by atoms with van der Waals surface area (Å²) in [6.07, 6.45) is 1.70. The Morgan fingerprint density at radius 3 is 2.46 bits per heavy atom. The topological polar surface area (TPSA) is 69.2 Å². The van der Waals surface area contributed by atoms with Crippen molar-refractivity contribution in [3.8, 4) is 17.2 Å². The van der Waals surface area contributed by atoms with Crippen molar-refractivity contribution in [1.82, 2.24) is 5.32 Å². The van der Waals surface area contributed by atoms with E-state index in [1.54, 1.807) is 25.3 Å². The first-order chi connectivity index (χ1) is 13.5. The number of carbonyl (C=O) groups is 1. The van der Waals surface area contributed by atoms with E-state index in [9.17, 15) is 4.79 Å². The molecule has 0 unspecified atom stereocenters. The van der Waals surface area contributed by atoms with Crippen molar-refractivity contribution in [2.24, 2.45) is 4.99 Å². The van der Waals surface area contributed by atoms with Crippen LogP contribution in [0, 0.1) is 0 Å². The van der Waals surface area contributed by atoms with Crippen LogP contribution in [0.4, 0.5) is 5.69 Å². The van der Waals surface area contributed by atoms with E-state index in [0.29, 0.717) is 38.8 Å². The summed E-state index contributed by atoms with van der Waals surface area (Å²) in [6, 6.07) is 10.7. The molecule has 28 heavy (non-hydrogen) atoms. The summed E-state index contributed by atoms with van der Waals surface area (Å²) in [7, 11) is 3.08. The minimum Gasteiger partial charge on any atom is -0.494 e. The Labute approximate surface area is 172 Å². The number of benzene rings is 2. The molecule has 0 aliphatic carbocycles. The summed E-state index contributed by atoms with van der Waals surface area (Å²) in [6.45, 7) is 2.53. The number of carbonyl (C=O) groups excluding carboxylic acids is 1. The van der Waals surface area contributed by atoms with Crippen LogP contribution in [0.5, 0.6) is 17.2 Å². The van der Waals surface area contributed by atoms with Crippen LogP contribution in [0.15, 0.2) is 46.3 Å². The van der Waals surface area contributed by atoms with E-state index in [1.165, 1.54) is 18.9 Å². The van der Waals surface area contributed by atoms with Crippen LogP contribution in [0.25, 0.3) is 6.08 Å². The molecule has 1 heterocycles. The highest BCUT2D eigenvalue weighted by molar-refractivity contribution is 8.18. The van der Waals surface area contributed by atoms with Crippen molar-refractivity contribution in [1.29, 1.82) is 0 Å². The fourth-order valence-corrected chi connectivity index (χ4v) is 3.54. The first-order valence-electron chi connectivity index (χ1n) is 8.48.